The minimum atomic E-state index is -1.24. The molecule has 1 saturated carbocycles. The molecule has 4 nitrogen and oxygen atoms in total. The molecule has 1 aliphatic carbocycles. The molecule has 0 spiro atoms. The molecule has 74 valence electrons. The lowest BCUT2D eigenvalue weighted by Crippen LogP contribution is -2.38. The van der Waals surface area contributed by atoms with E-state index in [9.17, 15) is 4.79 Å². The van der Waals surface area contributed by atoms with E-state index in [2.05, 4.69) is 5.32 Å². The van der Waals surface area contributed by atoms with E-state index in [0.29, 0.717) is 6.42 Å². The molecule has 3 N–H and O–H groups in total. The number of hydrogen-bond acceptors (Lipinski definition) is 3. The zero-order chi connectivity index (χ0) is 9.84. The van der Waals surface area contributed by atoms with Gasteiger partial charge in [-0.25, -0.2) is 0 Å². The number of nitrogens with one attached hydrogen (secondary N) is 1. The van der Waals surface area contributed by atoms with E-state index in [4.69, 9.17) is 10.0 Å². The SMILES string of the molecule is CC(=O)NC1CCCC(B(O)O)C1. The van der Waals surface area contributed by atoms with Crippen molar-refractivity contribution >= 4 is 13.0 Å². The summed E-state index contributed by atoms with van der Waals surface area (Å²) in [6.45, 7) is 1.49. The van der Waals surface area contributed by atoms with Gasteiger partial charge in [0.05, 0.1) is 0 Å². The zero-order valence-corrected chi connectivity index (χ0v) is 7.86. The molecule has 0 aliphatic heterocycles. The highest BCUT2D eigenvalue weighted by molar-refractivity contribution is 6.43. The van der Waals surface area contributed by atoms with Crippen LogP contribution >= 0.6 is 0 Å². The van der Waals surface area contributed by atoms with Crippen molar-refractivity contribution in [2.75, 3.05) is 0 Å². The Morgan fingerprint density at radius 2 is 2.15 bits per heavy atom. The highest BCUT2D eigenvalue weighted by atomic mass is 16.4. The van der Waals surface area contributed by atoms with Gasteiger partial charge in [-0.3, -0.25) is 4.79 Å². The Morgan fingerprint density at radius 3 is 2.69 bits per heavy atom. The Morgan fingerprint density at radius 1 is 1.46 bits per heavy atom. The molecule has 0 radical (unpaired) electrons. The highest BCUT2D eigenvalue weighted by Gasteiger charge is 2.30. The third kappa shape index (κ3) is 3.36. The number of carbonyl (C=O) groups is 1. The van der Waals surface area contributed by atoms with E-state index < -0.39 is 7.12 Å². The Labute approximate surface area is 78.5 Å². The third-order valence-electron chi connectivity index (χ3n) is 2.54. The normalized spacial score (nSPS) is 28.2. The first-order valence-electron chi connectivity index (χ1n) is 4.73. The van der Waals surface area contributed by atoms with Crippen molar-refractivity contribution in [1.82, 2.24) is 5.32 Å². The molecule has 0 aromatic carbocycles. The third-order valence-corrected chi connectivity index (χ3v) is 2.54. The van der Waals surface area contributed by atoms with Crippen molar-refractivity contribution in [3.63, 3.8) is 0 Å². The lowest BCUT2D eigenvalue weighted by molar-refractivity contribution is -0.119. The van der Waals surface area contributed by atoms with Gasteiger partial charge in [0.1, 0.15) is 0 Å². The first kappa shape index (κ1) is 10.5. The van der Waals surface area contributed by atoms with Gasteiger partial charge in [0.15, 0.2) is 0 Å². The van der Waals surface area contributed by atoms with Crippen LogP contribution in [0.15, 0.2) is 0 Å². The van der Waals surface area contributed by atoms with Gasteiger partial charge in [0.25, 0.3) is 0 Å². The largest absolute Gasteiger partial charge is 0.454 e. The smallest absolute Gasteiger partial charge is 0.427 e. The van der Waals surface area contributed by atoms with Gasteiger partial charge in [-0.1, -0.05) is 12.8 Å². The summed E-state index contributed by atoms with van der Waals surface area (Å²) in [7, 11) is -1.24. The second-order valence-electron chi connectivity index (χ2n) is 3.74. The molecule has 1 rings (SSSR count). The van der Waals surface area contributed by atoms with Crippen LogP contribution in [-0.4, -0.2) is 29.1 Å². The molecule has 1 aliphatic rings. The van der Waals surface area contributed by atoms with Gasteiger partial charge in [0, 0.05) is 13.0 Å². The second-order valence-corrected chi connectivity index (χ2v) is 3.74. The average molecular weight is 185 g/mol. The fraction of sp³-hybridized carbons (Fsp3) is 0.875. The molecular formula is C8H16BNO3. The molecule has 0 heterocycles. The number of carbonyl (C=O) groups excluding carboxylic acids is 1. The van der Waals surface area contributed by atoms with E-state index in [-0.39, 0.29) is 17.8 Å². The molecule has 13 heavy (non-hydrogen) atoms. The Hall–Kier alpha value is -0.545. The molecule has 0 aromatic heterocycles. The van der Waals surface area contributed by atoms with Crippen LogP contribution in [0.4, 0.5) is 0 Å². The van der Waals surface area contributed by atoms with Gasteiger partial charge >= 0.3 is 7.12 Å². The van der Waals surface area contributed by atoms with Crippen molar-refractivity contribution in [2.24, 2.45) is 0 Å². The fourth-order valence-corrected chi connectivity index (χ4v) is 1.92. The molecule has 5 heteroatoms. The lowest BCUT2D eigenvalue weighted by Gasteiger charge is -2.28. The summed E-state index contributed by atoms with van der Waals surface area (Å²) in [5.41, 5.74) is 0. The van der Waals surface area contributed by atoms with Crippen LogP contribution in [0, 0.1) is 0 Å². The predicted molar refractivity (Wildman–Crippen MR) is 50.0 cm³/mol. The summed E-state index contributed by atoms with van der Waals surface area (Å²) in [5, 5.41) is 20.7. The zero-order valence-electron chi connectivity index (χ0n) is 7.86. The van der Waals surface area contributed by atoms with Crippen molar-refractivity contribution < 1.29 is 14.8 Å². The summed E-state index contributed by atoms with van der Waals surface area (Å²) in [6.07, 6.45) is 3.42. The maximum atomic E-state index is 10.8. The highest BCUT2D eigenvalue weighted by Crippen LogP contribution is 2.29. The molecule has 0 bridgehead atoms. The van der Waals surface area contributed by atoms with E-state index in [1.807, 2.05) is 0 Å². The summed E-state index contributed by atoms with van der Waals surface area (Å²) in [5.74, 6) is -0.122. The van der Waals surface area contributed by atoms with Crippen molar-refractivity contribution in [2.45, 2.75) is 44.5 Å². The molecular weight excluding hydrogens is 169 g/mol. The number of rotatable bonds is 2. The quantitative estimate of drug-likeness (QED) is 0.526. The van der Waals surface area contributed by atoms with Crippen LogP contribution in [0.25, 0.3) is 0 Å². The average Bonchev–Trinajstić information content (AvgIpc) is 2.03. The Balaban J connectivity index is 2.37. The summed E-state index contributed by atoms with van der Waals surface area (Å²) < 4.78 is 0. The minimum absolute atomic E-state index is 0.0434. The predicted octanol–water partition coefficient (Wildman–Crippen LogP) is -0.0919. The number of amides is 1. The molecule has 2 unspecified atom stereocenters. The standard InChI is InChI=1S/C8H16BNO3/c1-6(11)10-8-4-2-3-7(5-8)9(12)13/h7-8,12-13H,2-5H2,1H3,(H,10,11). The molecule has 2 atom stereocenters. The monoisotopic (exact) mass is 185 g/mol. The lowest BCUT2D eigenvalue weighted by atomic mass is 9.64. The van der Waals surface area contributed by atoms with E-state index >= 15 is 0 Å². The summed E-state index contributed by atoms with van der Waals surface area (Å²) in [4.78, 5) is 10.8. The van der Waals surface area contributed by atoms with Crippen LogP contribution < -0.4 is 5.32 Å². The minimum Gasteiger partial charge on any atom is -0.427 e. The van der Waals surface area contributed by atoms with E-state index in [1.54, 1.807) is 0 Å². The first-order valence-corrected chi connectivity index (χ1v) is 4.73. The van der Waals surface area contributed by atoms with Gasteiger partial charge in [-0.15, -0.1) is 0 Å². The van der Waals surface area contributed by atoms with Crippen molar-refractivity contribution in [3.05, 3.63) is 0 Å². The van der Waals surface area contributed by atoms with E-state index in [0.717, 1.165) is 19.3 Å². The summed E-state index contributed by atoms with van der Waals surface area (Å²) >= 11 is 0. The maximum absolute atomic E-state index is 10.8. The fourth-order valence-electron chi connectivity index (χ4n) is 1.92. The maximum Gasteiger partial charge on any atom is 0.454 e. The molecule has 0 saturated heterocycles. The molecule has 1 fully saturated rings. The molecule has 0 aromatic rings. The van der Waals surface area contributed by atoms with Crippen molar-refractivity contribution in [1.29, 1.82) is 0 Å². The first-order chi connectivity index (χ1) is 6.09. The van der Waals surface area contributed by atoms with Crippen LogP contribution in [0.5, 0.6) is 0 Å². The summed E-state index contributed by atoms with van der Waals surface area (Å²) in [6, 6.07) is 0.123. The van der Waals surface area contributed by atoms with Crippen molar-refractivity contribution in [3.8, 4) is 0 Å². The van der Waals surface area contributed by atoms with Gasteiger partial charge < -0.3 is 15.4 Å². The van der Waals surface area contributed by atoms with Gasteiger partial charge in [0.2, 0.25) is 5.91 Å². The number of hydrogen-bond donors (Lipinski definition) is 3. The van der Waals surface area contributed by atoms with Gasteiger partial charge in [-0.2, -0.15) is 0 Å². The van der Waals surface area contributed by atoms with E-state index in [1.165, 1.54) is 6.92 Å². The van der Waals surface area contributed by atoms with Gasteiger partial charge in [-0.05, 0) is 18.7 Å². The Kier molecular flexibility index (Phi) is 3.75. The van der Waals surface area contributed by atoms with Crippen LogP contribution in [0.3, 0.4) is 0 Å². The molecule has 1 amide bonds. The topological polar surface area (TPSA) is 69.6 Å². The van der Waals surface area contributed by atoms with Crippen LogP contribution in [0.1, 0.15) is 32.6 Å². The Bertz CT molecular complexity index is 186. The van der Waals surface area contributed by atoms with Crippen LogP contribution in [0.2, 0.25) is 5.82 Å². The van der Waals surface area contributed by atoms with Crippen LogP contribution in [-0.2, 0) is 4.79 Å². The second kappa shape index (κ2) is 4.62.